The Kier molecular flexibility index (Phi) is 5.55. The van der Waals surface area contributed by atoms with Gasteiger partial charge in [-0.3, -0.25) is 9.59 Å². The molecule has 0 aliphatic carbocycles. The number of methoxy groups -OCH3 is 1. The van der Waals surface area contributed by atoms with Crippen molar-refractivity contribution >= 4 is 11.9 Å². The van der Waals surface area contributed by atoms with Gasteiger partial charge in [-0.1, -0.05) is 12.1 Å². The van der Waals surface area contributed by atoms with Crippen molar-refractivity contribution in [3.05, 3.63) is 34.4 Å². The van der Waals surface area contributed by atoms with Gasteiger partial charge in [0.2, 0.25) is 5.91 Å². The molecule has 0 aliphatic heterocycles. The molecule has 0 radical (unpaired) electrons. The number of carbonyl (C=O) groups excluding carboxylic acids is 2. The molecule has 0 atom stereocenters. The minimum absolute atomic E-state index is 0.119. The van der Waals surface area contributed by atoms with Crippen LogP contribution in [-0.2, 0) is 20.9 Å². The molecule has 1 aromatic carbocycles. The highest BCUT2D eigenvalue weighted by Gasteiger charge is 2.08. The van der Waals surface area contributed by atoms with Crippen molar-refractivity contribution in [3.8, 4) is 0 Å². The number of carbonyl (C=O) groups is 2. The first-order valence-electron chi connectivity index (χ1n) is 6.34. The molecule has 0 fully saturated rings. The number of hydrogen-bond acceptors (Lipinski definition) is 3. The molecule has 0 unspecified atom stereocenters. The summed E-state index contributed by atoms with van der Waals surface area (Å²) in [5.41, 5.74) is 4.73. The van der Waals surface area contributed by atoms with E-state index >= 15 is 0 Å². The largest absolute Gasteiger partial charge is 0.469 e. The van der Waals surface area contributed by atoms with Gasteiger partial charge in [0.05, 0.1) is 13.5 Å². The molecule has 4 heteroatoms. The zero-order valence-corrected chi connectivity index (χ0v) is 12.0. The second-order valence-corrected chi connectivity index (χ2v) is 4.72. The molecule has 0 bridgehead atoms. The third kappa shape index (κ3) is 4.73. The van der Waals surface area contributed by atoms with Crippen molar-refractivity contribution < 1.29 is 14.3 Å². The summed E-state index contributed by atoms with van der Waals surface area (Å²) in [6, 6.07) is 4.20. The number of aryl methyl sites for hydroxylation is 3. The van der Waals surface area contributed by atoms with E-state index in [0.29, 0.717) is 6.54 Å². The Morgan fingerprint density at radius 2 is 1.68 bits per heavy atom. The quantitative estimate of drug-likeness (QED) is 0.828. The maximum absolute atomic E-state index is 11.6. The van der Waals surface area contributed by atoms with Gasteiger partial charge in [0, 0.05) is 13.0 Å². The van der Waals surface area contributed by atoms with Gasteiger partial charge in [-0.25, -0.2) is 0 Å². The van der Waals surface area contributed by atoms with E-state index in [-0.39, 0.29) is 24.7 Å². The molecular weight excluding hydrogens is 242 g/mol. The van der Waals surface area contributed by atoms with Crippen molar-refractivity contribution in [1.82, 2.24) is 5.32 Å². The first kappa shape index (κ1) is 15.2. The van der Waals surface area contributed by atoms with Crippen molar-refractivity contribution in [2.75, 3.05) is 7.11 Å². The summed E-state index contributed by atoms with van der Waals surface area (Å²) in [6.45, 7) is 6.65. The Hall–Kier alpha value is -1.84. The van der Waals surface area contributed by atoms with Crippen molar-refractivity contribution in [2.45, 2.75) is 40.2 Å². The number of rotatable bonds is 5. The normalized spacial score (nSPS) is 10.1. The molecule has 4 nitrogen and oxygen atoms in total. The Bertz CT molecular complexity index is 481. The molecule has 19 heavy (non-hydrogen) atoms. The second-order valence-electron chi connectivity index (χ2n) is 4.72. The highest BCUT2D eigenvalue weighted by Crippen LogP contribution is 2.15. The smallest absolute Gasteiger partial charge is 0.306 e. The van der Waals surface area contributed by atoms with Crippen LogP contribution in [0.1, 0.15) is 35.1 Å². The van der Waals surface area contributed by atoms with Crippen LogP contribution in [0.4, 0.5) is 0 Å². The van der Waals surface area contributed by atoms with E-state index in [4.69, 9.17) is 0 Å². The van der Waals surface area contributed by atoms with Crippen LogP contribution in [-0.4, -0.2) is 19.0 Å². The summed E-state index contributed by atoms with van der Waals surface area (Å²) in [4.78, 5) is 22.5. The lowest BCUT2D eigenvalue weighted by Gasteiger charge is -2.11. The summed E-state index contributed by atoms with van der Waals surface area (Å²) in [7, 11) is 1.32. The van der Waals surface area contributed by atoms with E-state index in [1.54, 1.807) is 0 Å². The average molecular weight is 263 g/mol. The van der Waals surface area contributed by atoms with Crippen LogP contribution in [0, 0.1) is 20.8 Å². The van der Waals surface area contributed by atoms with E-state index in [1.807, 2.05) is 6.92 Å². The van der Waals surface area contributed by atoms with E-state index in [1.165, 1.54) is 18.2 Å². The maximum Gasteiger partial charge on any atom is 0.306 e. The fourth-order valence-corrected chi connectivity index (χ4v) is 1.81. The zero-order chi connectivity index (χ0) is 14.4. The van der Waals surface area contributed by atoms with Crippen LogP contribution in [0.2, 0.25) is 0 Å². The number of esters is 1. The molecular formula is C15H21NO3. The Morgan fingerprint density at radius 3 is 2.32 bits per heavy atom. The molecule has 0 spiro atoms. The van der Waals surface area contributed by atoms with Crippen LogP contribution in [0.15, 0.2) is 12.1 Å². The maximum atomic E-state index is 11.6. The van der Waals surface area contributed by atoms with Crippen LogP contribution < -0.4 is 5.32 Å². The van der Waals surface area contributed by atoms with Gasteiger partial charge in [-0.05, 0) is 43.0 Å². The highest BCUT2D eigenvalue weighted by atomic mass is 16.5. The molecule has 0 saturated heterocycles. The lowest BCUT2D eigenvalue weighted by Crippen LogP contribution is -2.24. The first-order chi connectivity index (χ1) is 8.93. The minimum Gasteiger partial charge on any atom is -0.469 e. The van der Waals surface area contributed by atoms with Crippen molar-refractivity contribution in [1.29, 1.82) is 0 Å². The standard InChI is InChI=1S/C15H21NO3/c1-10-7-12(3)13(8-11(10)2)9-16-14(17)5-6-15(18)19-4/h7-8H,5-6,9H2,1-4H3,(H,16,17). The summed E-state index contributed by atoms with van der Waals surface area (Å²) >= 11 is 0. The third-order valence-electron chi connectivity index (χ3n) is 3.21. The number of hydrogen-bond donors (Lipinski definition) is 1. The van der Waals surface area contributed by atoms with Crippen LogP contribution >= 0.6 is 0 Å². The SMILES string of the molecule is COC(=O)CCC(=O)NCc1cc(C)c(C)cc1C. The number of amides is 1. The number of benzene rings is 1. The Morgan fingerprint density at radius 1 is 1.05 bits per heavy atom. The van der Waals surface area contributed by atoms with Gasteiger partial charge in [0.25, 0.3) is 0 Å². The van der Waals surface area contributed by atoms with Crippen LogP contribution in [0.3, 0.4) is 0 Å². The Labute approximate surface area is 114 Å². The molecule has 1 rings (SSSR count). The molecule has 1 amide bonds. The zero-order valence-electron chi connectivity index (χ0n) is 12.0. The minimum atomic E-state index is -0.363. The molecule has 0 heterocycles. The van der Waals surface area contributed by atoms with E-state index in [2.05, 4.69) is 36.0 Å². The van der Waals surface area contributed by atoms with Crippen LogP contribution in [0.25, 0.3) is 0 Å². The van der Waals surface area contributed by atoms with Gasteiger partial charge >= 0.3 is 5.97 Å². The molecule has 0 aliphatic rings. The molecule has 104 valence electrons. The highest BCUT2D eigenvalue weighted by molar-refractivity contribution is 5.81. The molecule has 1 N–H and O–H groups in total. The summed E-state index contributed by atoms with van der Waals surface area (Å²) in [5, 5.41) is 2.82. The topological polar surface area (TPSA) is 55.4 Å². The molecule has 1 aromatic rings. The fraction of sp³-hybridized carbons (Fsp3) is 0.467. The monoisotopic (exact) mass is 263 g/mol. The Balaban J connectivity index is 2.51. The average Bonchev–Trinajstić information content (AvgIpc) is 2.38. The van der Waals surface area contributed by atoms with Gasteiger partial charge in [0.1, 0.15) is 0 Å². The lowest BCUT2D eigenvalue weighted by molar-refractivity contribution is -0.142. The predicted molar refractivity (Wildman–Crippen MR) is 73.7 cm³/mol. The third-order valence-corrected chi connectivity index (χ3v) is 3.21. The summed E-state index contributed by atoms with van der Waals surface area (Å²) in [6.07, 6.45) is 0.283. The summed E-state index contributed by atoms with van der Waals surface area (Å²) in [5.74, 6) is -0.500. The number of nitrogens with one attached hydrogen (secondary N) is 1. The fourth-order valence-electron chi connectivity index (χ4n) is 1.81. The summed E-state index contributed by atoms with van der Waals surface area (Å²) < 4.78 is 4.49. The van der Waals surface area contributed by atoms with Gasteiger partial charge in [-0.15, -0.1) is 0 Å². The molecule has 0 aromatic heterocycles. The second kappa shape index (κ2) is 6.92. The predicted octanol–water partition coefficient (Wildman–Crippen LogP) is 2.18. The van der Waals surface area contributed by atoms with Gasteiger partial charge in [0.15, 0.2) is 0 Å². The first-order valence-corrected chi connectivity index (χ1v) is 6.34. The van der Waals surface area contributed by atoms with Gasteiger partial charge in [-0.2, -0.15) is 0 Å². The van der Waals surface area contributed by atoms with Gasteiger partial charge < -0.3 is 10.1 Å². The molecule has 0 saturated carbocycles. The van der Waals surface area contributed by atoms with E-state index in [9.17, 15) is 9.59 Å². The van der Waals surface area contributed by atoms with Crippen molar-refractivity contribution in [3.63, 3.8) is 0 Å². The van der Waals surface area contributed by atoms with E-state index in [0.717, 1.165) is 11.1 Å². The van der Waals surface area contributed by atoms with E-state index < -0.39 is 0 Å². The lowest BCUT2D eigenvalue weighted by atomic mass is 10.0. The van der Waals surface area contributed by atoms with Crippen LogP contribution in [0.5, 0.6) is 0 Å². The number of ether oxygens (including phenoxy) is 1. The van der Waals surface area contributed by atoms with Crippen molar-refractivity contribution in [2.24, 2.45) is 0 Å².